The monoisotopic (exact) mass is 314 g/mol. The summed E-state index contributed by atoms with van der Waals surface area (Å²) < 4.78 is 4.73. The summed E-state index contributed by atoms with van der Waals surface area (Å²) in [7, 11) is 1.29. The minimum absolute atomic E-state index is 0.195. The van der Waals surface area contributed by atoms with Crippen molar-refractivity contribution in [3.8, 4) is 0 Å². The van der Waals surface area contributed by atoms with Crippen molar-refractivity contribution in [1.29, 1.82) is 0 Å². The first-order valence-corrected chi connectivity index (χ1v) is 7.96. The number of hydrogen-bond acceptors (Lipinski definition) is 5. The van der Waals surface area contributed by atoms with Crippen LogP contribution in [0.15, 0.2) is 12.2 Å². The van der Waals surface area contributed by atoms with Gasteiger partial charge in [0.1, 0.15) is 11.6 Å². The van der Waals surface area contributed by atoms with Crippen LogP contribution >= 0.6 is 11.8 Å². The molecule has 1 heterocycles. The molecule has 21 heavy (non-hydrogen) atoms. The lowest BCUT2D eigenvalue weighted by molar-refractivity contribution is -0.151. The van der Waals surface area contributed by atoms with Crippen LogP contribution in [0.25, 0.3) is 0 Å². The third-order valence-electron chi connectivity index (χ3n) is 3.52. The molecule has 7 heteroatoms. The van der Waals surface area contributed by atoms with Gasteiger partial charge >= 0.3 is 5.97 Å². The number of nitrogens with zero attached hydrogens (tertiary/aromatic N) is 1. The summed E-state index contributed by atoms with van der Waals surface area (Å²) in [5.74, 6) is -0.0137. The molecular formula is C14H22N2O4S. The van der Waals surface area contributed by atoms with Crippen molar-refractivity contribution >= 4 is 29.5 Å². The zero-order valence-corrected chi connectivity index (χ0v) is 13.7. The Morgan fingerprint density at radius 2 is 2.14 bits per heavy atom. The molecule has 2 atom stereocenters. The van der Waals surface area contributed by atoms with E-state index in [0.29, 0.717) is 18.1 Å². The molecular weight excluding hydrogens is 292 g/mol. The Balaban J connectivity index is 2.82. The van der Waals surface area contributed by atoms with Crippen molar-refractivity contribution in [2.24, 2.45) is 0 Å². The number of nitrogens with one attached hydrogen (secondary N) is 1. The molecule has 2 amide bonds. The first-order chi connectivity index (χ1) is 9.89. The number of thioether (sulfide) groups is 1. The van der Waals surface area contributed by atoms with Crippen LogP contribution in [0.5, 0.6) is 0 Å². The summed E-state index contributed by atoms with van der Waals surface area (Å²) >= 11 is 1.51. The minimum atomic E-state index is -1.07. The summed E-state index contributed by atoms with van der Waals surface area (Å²) in [4.78, 5) is 37.7. The maximum absolute atomic E-state index is 12.4. The highest BCUT2D eigenvalue weighted by molar-refractivity contribution is 7.99. The second kappa shape index (κ2) is 7.49. The van der Waals surface area contributed by atoms with Crippen LogP contribution in [0, 0.1) is 0 Å². The lowest BCUT2D eigenvalue weighted by atomic mass is 9.98. The van der Waals surface area contributed by atoms with Crippen LogP contribution in [0.1, 0.15) is 27.2 Å². The Labute approximate surface area is 129 Å². The number of methoxy groups -OCH3 is 1. The number of rotatable bonds is 5. The standard InChI is InChI=1S/C14H22N2O4S/c1-5-7-11(17)16-9-21-8-10(16)12(18)15-14(3,6-2)13(19)20-4/h5,7,10H,6,8-9H2,1-4H3,(H,15,18)/b7-5-/t10-,14-/m1/s1. The Kier molecular flexibility index (Phi) is 6.26. The lowest BCUT2D eigenvalue weighted by Crippen LogP contribution is -2.57. The summed E-state index contributed by atoms with van der Waals surface area (Å²) in [5, 5.41) is 2.72. The van der Waals surface area contributed by atoms with Crippen LogP contribution in [0.2, 0.25) is 0 Å². The van der Waals surface area contributed by atoms with Gasteiger partial charge in [-0.2, -0.15) is 0 Å². The first-order valence-electron chi connectivity index (χ1n) is 6.81. The van der Waals surface area contributed by atoms with Gasteiger partial charge in [0.25, 0.3) is 0 Å². The Morgan fingerprint density at radius 1 is 1.48 bits per heavy atom. The summed E-state index contributed by atoms with van der Waals surface area (Å²) in [6.07, 6.45) is 3.49. The Bertz CT molecular complexity index is 452. The molecule has 1 saturated heterocycles. The van der Waals surface area contributed by atoms with E-state index in [1.807, 2.05) is 0 Å². The predicted octanol–water partition coefficient (Wildman–Crippen LogP) is 0.922. The van der Waals surface area contributed by atoms with E-state index in [-0.39, 0.29) is 11.8 Å². The van der Waals surface area contributed by atoms with E-state index in [1.165, 1.54) is 29.8 Å². The summed E-state index contributed by atoms with van der Waals surface area (Å²) in [5.41, 5.74) is -1.07. The molecule has 1 aliphatic heterocycles. The fourth-order valence-electron chi connectivity index (χ4n) is 1.98. The molecule has 6 nitrogen and oxygen atoms in total. The third-order valence-corrected chi connectivity index (χ3v) is 4.53. The van der Waals surface area contributed by atoms with Crippen LogP contribution in [0.4, 0.5) is 0 Å². The van der Waals surface area contributed by atoms with E-state index in [1.54, 1.807) is 26.8 Å². The van der Waals surface area contributed by atoms with Crippen molar-refractivity contribution in [1.82, 2.24) is 10.2 Å². The Hall–Kier alpha value is -1.50. The molecule has 0 bridgehead atoms. The van der Waals surface area contributed by atoms with Crippen molar-refractivity contribution in [2.75, 3.05) is 18.7 Å². The average molecular weight is 314 g/mol. The fourth-order valence-corrected chi connectivity index (χ4v) is 3.14. The highest BCUT2D eigenvalue weighted by Gasteiger charge is 2.40. The number of amides is 2. The molecule has 1 N–H and O–H groups in total. The molecule has 1 rings (SSSR count). The number of ether oxygens (including phenoxy) is 1. The molecule has 1 fully saturated rings. The highest BCUT2D eigenvalue weighted by Crippen LogP contribution is 2.22. The van der Waals surface area contributed by atoms with E-state index in [0.717, 1.165) is 0 Å². The molecule has 0 radical (unpaired) electrons. The fraction of sp³-hybridized carbons (Fsp3) is 0.643. The van der Waals surface area contributed by atoms with Crippen LogP contribution in [-0.2, 0) is 19.1 Å². The second-order valence-corrected chi connectivity index (χ2v) is 5.99. The molecule has 0 aliphatic carbocycles. The van der Waals surface area contributed by atoms with Gasteiger partial charge in [-0.3, -0.25) is 9.59 Å². The smallest absolute Gasteiger partial charge is 0.331 e. The van der Waals surface area contributed by atoms with Gasteiger partial charge in [-0.1, -0.05) is 13.0 Å². The van der Waals surface area contributed by atoms with Crippen molar-refractivity contribution in [2.45, 2.75) is 38.8 Å². The average Bonchev–Trinajstić information content (AvgIpc) is 2.96. The second-order valence-electron chi connectivity index (χ2n) is 4.99. The quantitative estimate of drug-likeness (QED) is 0.603. The van der Waals surface area contributed by atoms with Crippen LogP contribution in [0.3, 0.4) is 0 Å². The molecule has 0 spiro atoms. The molecule has 0 aromatic heterocycles. The lowest BCUT2D eigenvalue weighted by Gasteiger charge is -2.30. The van der Waals surface area contributed by atoms with Gasteiger partial charge in [-0.05, 0) is 26.3 Å². The molecule has 118 valence electrons. The van der Waals surface area contributed by atoms with Gasteiger partial charge in [0, 0.05) is 5.75 Å². The first kappa shape index (κ1) is 17.6. The number of esters is 1. The third kappa shape index (κ3) is 4.00. The van der Waals surface area contributed by atoms with Crippen LogP contribution in [-0.4, -0.2) is 53.0 Å². The van der Waals surface area contributed by atoms with Gasteiger partial charge < -0.3 is 15.0 Å². The van der Waals surface area contributed by atoms with E-state index < -0.39 is 17.6 Å². The zero-order chi connectivity index (χ0) is 16.0. The van der Waals surface area contributed by atoms with E-state index >= 15 is 0 Å². The zero-order valence-electron chi connectivity index (χ0n) is 12.8. The molecule has 0 aromatic carbocycles. The van der Waals surface area contributed by atoms with Gasteiger partial charge in [0.05, 0.1) is 13.0 Å². The van der Waals surface area contributed by atoms with Crippen LogP contribution < -0.4 is 5.32 Å². The normalized spacial score (nSPS) is 21.1. The maximum atomic E-state index is 12.4. The van der Waals surface area contributed by atoms with Gasteiger partial charge in [0.15, 0.2) is 0 Å². The van der Waals surface area contributed by atoms with E-state index in [9.17, 15) is 14.4 Å². The van der Waals surface area contributed by atoms with E-state index in [2.05, 4.69) is 5.32 Å². The number of hydrogen-bond donors (Lipinski definition) is 1. The minimum Gasteiger partial charge on any atom is -0.467 e. The van der Waals surface area contributed by atoms with Crippen molar-refractivity contribution < 1.29 is 19.1 Å². The van der Waals surface area contributed by atoms with Crippen molar-refractivity contribution in [3.05, 3.63) is 12.2 Å². The maximum Gasteiger partial charge on any atom is 0.331 e. The molecule has 1 aliphatic rings. The number of carbonyl (C=O) groups is 3. The predicted molar refractivity (Wildman–Crippen MR) is 81.6 cm³/mol. The van der Waals surface area contributed by atoms with Crippen molar-refractivity contribution in [3.63, 3.8) is 0 Å². The van der Waals surface area contributed by atoms with E-state index in [4.69, 9.17) is 4.74 Å². The SMILES string of the molecule is C/C=C\C(=O)N1CSC[C@@H]1C(=O)N[C@](C)(CC)C(=O)OC. The highest BCUT2D eigenvalue weighted by atomic mass is 32.2. The molecule has 0 unspecified atom stereocenters. The van der Waals surface area contributed by atoms with Gasteiger partial charge in [0.2, 0.25) is 11.8 Å². The number of carbonyl (C=O) groups excluding carboxylic acids is 3. The molecule has 0 saturated carbocycles. The molecule has 0 aromatic rings. The largest absolute Gasteiger partial charge is 0.467 e. The Morgan fingerprint density at radius 3 is 2.67 bits per heavy atom. The van der Waals surface area contributed by atoms with Gasteiger partial charge in [-0.15, -0.1) is 11.8 Å². The van der Waals surface area contributed by atoms with Gasteiger partial charge in [-0.25, -0.2) is 4.79 Å². The number of allylic oxidation sites excluding steroid dienone is 1. The topological polar surface area (TPSA) is 75.7 Å². The summed E-state index contributed by atoms with van der Waals surface area (Å²) in [6, 6.07) is -0.561. The summed E-state index contributed by atoms with van der Waals surface area (Å²) in [6.45, 7) is 5.17.